The molecule has 0 atom stereocenters. The van der Waals surface area contributed by atoms with Gasteiger partial charge >= 0.3 is 50.9 Å². The molecule has 7 heteroatoms. The first-order valence-electron chi connectivity index (χ1n) is 0.378. The van der Waals surface area contributed by atoms with E-state index in [1.807, 2.05) is 0 Å². The van der Waals surface area contributed by atoms with Gasteiger partial charge in [-0.3, -0.25) is 0 Å². The maximum atomic E-state index is 3.23. The van der Waals surface area contributed by atoms with Crippen molar-refractivity contribution in [3.05, 3.63) is 0 Å². The van der Waals surface area contributed by atoms with Crippen LogP contribution in [0.3, 0.4) is 0 Å². The summed E-state index contributed by atoms with van der Waals surface area (Å²) in [7, 11) is -0.639. The fourth-order valence-corrected chi connectivity index (χ4v) is 0. The Bertz CT molecular complexity index is 14.9. The standard InChI is InChI=1S/3BrH.3H2O.Rh/h3*1H;3*1H2;/q;;;;;;+3/p-3. The quantitative estimate of drug-likeness (QED) is 0.518. The minimum atomic E-state index is -0.639. The summed E-state index contributed by atoms with van der Waals surface area (Å²) in [5.41, 5.74) is 0. The summed E-state index contributed by atoms with van der Waals surface area (Å²) in [4.78, 5) is 0. The van der Waals surface area contributed by atoms with Crippen LogP contribution in [0.15, 0.2) is 0 Å². The molecule has 0 saturated heterocycles. The van der Waals surface area contributed by atoms with Crippen molar-refractivity contribution in [1.82, 2.24) is 0 Å². The number of hydrogen-bond donors (Lipinski definition) is 0. The van der Waals surface area contributed by atoms with Crippen LogP contribution in [0, 0.1) is 0 Å². The molecule has 54 valence electrons. The summed E-state index contributed by atoms with van der Waals surface area (Å²) < 4.78 is 0. The van der Waals surface area contributed by atoms with Crippen LogP contribution >= 0.6 is 40.9 Å². The summed E-state index contributed by atoms with van der Waals surface area (Å²) in [6.45, 7) is 0. The van der Waals surface area contributed by atoms with Gasteiger partial charge in [0.05, 0.1) is 0 Å². The SMILES string of the molecule is O.O.O.[Br][Rh]([Br])[Br]. The molecule has 0 amide bonds. The molecule has 0 unspecified atom stereocenters. The van der Waals surface area contributed by atoms with Gasteiger partial charge in [0.1, 0.15) is 0 Å². The first kappa shape index (κ1) is 23.1. The molecule has 0 aromatic rings. The second-order valence-electron chi connectivity index (χ2n) is 0.143. The fraction of sp³-hybridized carbons (Fsp3) is 0. The van der Waals surface area contributed by atoms with Crippen molar-refractivity contribution >= 4 is 40.9 Å². The van der Waals surface area contributed by atoms with E-state index >= 15 is 0 Å². The van der Waals surface area contributed by atoms with Crippen molar-refractivity contribution in [1.29, 1.82) is 0 Å². The second-order valence-corrected chi connectivity index (χ2v) is 22.8. The zero-order valence-corrected chi connectivity index (χ0v) is 9.36. The van der Waals surface area contributed by atoms with Crippen LogP contribution in [0.4, 0.5) is 0 Å². The van der Waals surface area contributed by atoms with E-state index in [9.17, 15) is 0 Å². The minimum absolute atomic E-state index is 0. The number of rotatable bonds is 0. The van der Waals surface area contributed by atoms with Gasteiger partial charge in [-0.1, -0.05) is 0 Å². The van der Waals surface area contributed by atoms with Gasteiger partial charge in [-0.25, -0.2) is 0 Å². The normalized spacial score (nSPS) is 6.43. The second kappa shape index (κ2) is 15.7. The van der Waals surface area contributed by atoms with Crippen LogP contribution in [0.5, 0.6) is 0 Å². The molecule has 0 spiro atoms. The topological polar surface area (TPSA) is 94.5 Å². The Hall–Kier alpha value is 1.94. The van der Waals surface area contributed by atoms with E-state index in [-0.39, 0.29) is 16.4 Å². The molecule has 0 aromatic carbocycles. The van der Waals surface area contributed by atoms with Gasteiger partial charge in [0, 0.05) is 0 Å². The van der Waals surface area contributed by atoms with Crippen molar-refractivity contribution in [3.63, 3.8) is 0 Å². The van der Waals surface area contributed by atoms with Crippen molar-refractivity contribution in [2.75, 3.05) is 0 Å². The van der Waals surface area contributed by atoms with E-state index in [1.54, 1.807) is 0 Å². The van der Waals surface area contributed by atoms with Crippen LogP contribution in [0.25, 0.3) is 0 Å². The average molecular weight is 397 g/mol. The number of halogens is 3. The Labute approximate surface area is 66.8 Å². The summed E-state index contributed by atoms with van der Waals surface area (Å²) >= 11 is 9.70. The van der Waals surface area contributed by atoms with E-state index < -0.39 is 10.1 Å². The zero-order chi connectivity index (χ0) is 3.58. The first-order valence-corrected chi connectivity index (χ1v) is 11.6. The van der Waals surface area contributed by atoms with Crippen LogP contribution in [0.1, 0.15) is 0 Å². The molecule has 0 fully saturated rings. The van der Waals surface area contributed by atoms with E-state index in [0.717, 1.165) is 0 Å². The van der Waals surface area contributed by atoms with E-state index in [1.165, 1.54) is 0 Å². The third-order valence-corrected chi connectivity index (χ3v) is 0. The molecule has 0 bridgehead atoms. The van der Waals surface area contributed by atoms with Crippen molar-refractivity contribution < 1.29 is 26.5 Å². The van der Waals surface area contributed by atoms with Gasteiger partial charge in [-0.2, -0.15) is 0 Å². The van der Waals surface area contributed by atoms with Gasteiger partial charge in [0.15, 0.2) is 0 Å². The van der Waals surface area contributed by atoms with Gasteiger partial charge in [-0.05, 0) is 0 Å². The van der Waals surface area contributed by atoms with Gasteiger partial charge in [-0.15, -0.1) is 0 Å². The monoisotopic (exact) mass is 394 g/mol. The zero-order valence-electron chi connectivity index (χ0n) is 2.97. The number of hydrogen-bond acceptors (Lipinski definition) is 0. The van der Waals surface area contributed by atoms with Gasteiger partial charge in [0.2, 0.25) is 0 Å². The average Bonchev–Trinajstić information content (AvgIpc) is 0.811. The molecular weight excluding hydrogens is 391 g/mol. The summed E-state index contributed by atoms with van der Waals surface area (Å²) in [6.07, 6.45) is 0. The van der Waals surface area contributed by atoms with Gasteiger partial charge < -0.3 is 16.4 Å². The van der Waals surface area contributed by atoms with Crippen LogP contribution in [-0.4, -0.2) is 16.4 Å². The summed E-state index contributed by atoms with van der Waals surface area (Å²) in [5.74, 6) is 0. The molecule has 0 aliphatic carbocycles. The van der Waals surface area contributed by atoms with Crippen LogP contribution < -0.4 is 0 Å². The first-order chi connectivity index (χ1) is 1.73. The summed E-state index contributed by atoms with van der Waals surface area (Å²) in [5, 5.41) is 0. The molecule has 3 nitrogen and oxygen atoms in total. The molecule has 0 aliphatic heterocycles. The molecule has 0 rings (SSSR count). The van der Waals surface area contributed by atoms with Crippen molar-refractivity contribution in [3.8, 4) is 0 Å². The predicted octanol–water partition coefficient (Wildman–Crippen LogP) is 0.0602. The third-order valence-electron chi connectivity index (χ3n) is 0. The molecule has 0 aromatic heterocycles. The molecule has 0 radical (unpaired) electrons. The Morgan fingerprint density at radius 1 is 0.714 bits per heavy atom. The van der Waals surface area contributed by atoms with Crippen molar-refractivity contribution in [2.24, 2.45) is 0 Å². The van der Waals surface area contributed by atoms with Crippen LogP contribution in [-0.2, 0) is 10.1 Å². The third kappa shape index (κ3) is 74.3. The fourth-order valence-electron chi connectivity index (χ4n) is 0. The molecule has 0 heterocycles. The maximum absolute atomic E-state index is 3.23. The van der Waals surface area contributed by atoms with Gasteiger partial charge in [0.25, 0.3) is 0 Å². The van der Waals surface area contributed by atoms with E-state index in [0.29, 0.717) is 0 Å². The molecular formula is H6Br3O3Rh. The molecule has 0 saturated carbocycles. The molecule has 7 heavy (non-hydrogen) atoms. The van der Waals surface area contributed by atoms with E-state index in [4.69, 9.17) is 0 Å². The van der Waals surface area contributed by atoms with Crippen molar-refractivity contribution in [2.45, 2.75) is 0 Å². The predicted molar refractivity (Wildman–Crippen MR) is 37.6 cm³/mol. The van der Waals surface area contributed by atoms with Crippen LogP contribution in [0.2, 0.25) is 0 Å². The van der Waals surface area contributed by atoms with E-state index in [2.05, 4.69) is 40.9 Å². The Morgan fingerprint density at radius 3 is 0.714 bits per heavy atom. The Kier molecular flexibility index (Phi) is 51.7. The summed E-state index contributed by atoms with van der Waals surface area (Å²) in [6, 6.07) is 0. The Morgan fingerprint density at radius 2 is 0.714 bits per heavy atom. The molecule has 6 N–H and O–H groups in total. The Balaban J connectivity index is -0.0000000150. The molecule has 0 aliphatic rings.